The summed E-state index contributed by atoms with van der Waals surface area (Å²) in [4.78, 5) is 41.9. The Morgan fingerprint density at radius 3 is 2.59 bits per heavy atom. The highest BCUT2D eigenvalue weighted by Gasteiger charge is 2.44. The number of alkyl halides is 3. The summed E-state index contributed by atoms with van der Waals surface area (Å²) in [6.45, 7) is 0.0446. The van der Waals surface area contributed by atoms with E-state index in [4.69, 9.17) is 4.74 Å². The topological polar surface area (TPSA) is 114 Å². The maximum atomic E-state index is 15.1. The standard InChI is InChI=1S/C25H26F5N5O4S2/c1-31-21(37)18-12(9-40-22(18)32-2)8-17(36)34-24-35(11-39-23(38)15-4-3-7-33-15)16(10-41-24)13-5-6-14(26)19(20(13)27)25(28,29)30/h6,9-10,13,15,32-33H,3-5,7-8,11H2,1-2H3,(H,31,37)/t13?,15-/m0/s1. The normalized spacial score (nSPS) is 19.8. The summed E-state index contributed by atoms with van der Waals surface area (Å²) in [6.07, 6.45) is -4.08. The van der Waals surface area contributed by atoms with Gasteiger partial charge in [0.15, 0.2) is 11.5 Å². The van der Waals surface area contributed by atoms with E-state index in [1.54, 1.807) is 12.4 Å². The van der Waals surface area contributed by atoms with Crippen LogP contribution in [0.1, 0.15) is 46.8 Å². The Bertz CT molecular complexity index is 1470. The van der Waals surface area contributed by atoms with E-state index in [2.05, 4.69) is 20.9 Å². The molecule has 1 fully saturated rings. The molecule has 0 bridgehead atoms. The van der Waals surface area contributed by atoms with E-state index < -0.39 is 66.3 Å². The Balaban J connectivity index is 1.70. The minimum Gasteiger partial charge on any atom is -0.443 e. The molecule has 41 heavy (non-hydrogen) atoms. The van der Waals surface area contributed by atoms with Gasteiger partial charge in [-0.1, -0.05) is 0 Å². The van der Waals surface area contributed by atoms with Gasteiger partial charge in [-0.2, -0.15) is 18.2 Å². The van der Waals surface area contributed by atoms with Crippen LogP contribution in [0.25, 0.3) is 0 Å². The first-order valence-corrected chi connectivity index (χ1v) is 14.2. The van der Waals surface area contributed by atoms with Crippen LogP contribution in [0, 0.1) is 0 Å². The number of carbonyl (C=O) groups is 3. The molecule has 0 spiro atoms. The van der Waals surface area contributed by atoms with Gasteiger partial charge in [-0.25, -0.2) is 8.78 Å². The predicted molar refractivity (Wildman–Crippen MR) is 142 cm³/mol. The van der Waals surface area contributed by atoms with E-state index in [-0.39, 0.29) is 22.5 Å². The zero-order valence-corrected chi connectivity index (χ0v) is 23.5. The molecule has 0 saturated carbocycles. The van der Waals surface area contributed by atoms with E-state index in [0.29, 0.717) is 29.6 Å². The van der Waals surface area contributed by atoms with E-state index in [0.717, 1.165) is 22.3 Å². The number of rotatable bonds is 8. The molecule has 2 aromatic rings. The number of ether oxygens (including phenoxy) is 1. The summed E-state index contributed by atoms with van der Waals surface area (Å²) >= 11 is 2.04. The Labute approximate surface area is 238 Å². The molecule has 3 heterocycles. The molecular formula is C25H26F5N5O4S2. The van der Waals surface area contributed by atoms with Crippen molar-refractivity contribution < 1.29 is 41.1 Å². The molecule has 0 aromatic carbocycles. The first-order chi connectivity index (χ1) is 19.5. The van der Waals surface area contributed by atoms with Crippen LogP contribution in [-0.4, -0.2) is 55.2 Å². The van der Waals surface area contributed by atoms with Gasteiger partial charge in [0.25, 0.3) is 11.8 Å². The number of anilines is 1. The molecule has 2 atom stereocenters. The van der Waals surface area contributed by atoms with Gasteiger partial charge < -0.3 is 20.7 Å². The van der Waals surface area contributed by atoms with Crippen LogP contribution in [0.4, 0.5) is 27.0 Å². The molecule has 3 N–H and O–H groups in total. The third kappa shape index (κ3) is 6.59. The highest BCUT2D eigenvalue weighted by molar-refractivity contribution is 7.14. The Morgan fingerprint density at radius 1 is 1.20 bits per heavy atom. The van der Waals surface area contributed by atoms with Gasteiger partial charge in [0, 0.05) is 25.2 Å². The average Bonchev–Trinajstić information content (AvgIpc) is 3.67. The third-order valence-electron chi connectivity index (χ3n) is 6.58. The van der Waals surface area contributed by atoms with Crippen molar-refractivity contribution in [3.63, 3.8) is 0 Å². The second kappa shape index (κ2) is 12.7. The number of aromatic nitrogens is 1. The largest absolute Gasteiger partial charge is 0.443 e. The number of nitrogens with one attached hydrogen (secondary N) is 3. The van der Waals surface area contributed by atoms with Crippen LogP contribution in [0.2, 0.25) is 0 Å². The van der Waals surface area contributed by atoms with Crippen molar-refractivity contribution in [1.82, 2.24) is 15.2 Å². The monoisotopic (exact) mass is 619 g/mol. The number of esters is 1. The highest BCUT2D eigenvalue weighted by Crippen LogP contribution is 2.45. The fraction of sp³-hybridized carbons (Fsp3) is 0.440. The van der Waals surface area contributed by atoms with E-state index >= 15 is 4.39 Å². The minimum absolute atomic E-state index is 0.0703. The third-order valence-corrected chi connectivity index (χ3v) is 8.50. The number of allylic oxidation sites excluding steroid dienone is 4. The zero-order chi connectivity index (χ0) is 29.9. The maximum Gasteiger partial charge on any atom is 0.421 e. The van der Waals surface area contributed by atoms with Crippen molar-refractivity contribution >= 4 is 45.5 Å². The summed E-state index contributed by atoms with van der Waals surface area (Å²) < 4.78 is 75.9. The van der Waals surface area contributed by atoms with E-state index in [1.165, 1.54) is 23.8 Å². The van der Waals surface area contributed by atoms with Crippen LogP contribution in [0.15, 0.2) is 39.1 Å². The number of amides is 2. The number of thiophene rings is 1. The molecule has 1 saturated heterocycles. The van der Waals surface area contributed by atoms with Crippen LogP contribution in [0.3, 0.4) is 0 Å². The lowest BCUT2D eigenvalue weighted by Crippen LogP contribution is -2.34. The van der Waals surface area contributed by atoms with Crippen molar-refractivity contribution in [3.8, 4) is 0 Å². The van der Waals surface area contributed by atoms with E-state index in [1.807, 2.05) is 0 Å². The average molecular weight is 620 g/mol. The number of nitrogens with zero attached hydrogens (tertiary/aromatic N) is 2. The molecule has 1 unspecified atom stereocenters. The second-order valence-corrected chi connectivity index (χ2v) is 10.9. The maximum absolute atomic E-state index is 15.1. The number of carbonyl (C=O) groups excluding carboxylic acids is 3. The second-order valence-electron chi connectivity index (χ2n) is 9.15. The Hall–Kier alpha value is -3.37. The van der Waals surface area contributed by atoms with Gasteiger partial charge in [0.05, 0.1) is 17.9 Å². The lowest BCUT2D eigenvalue weighted by Gasteiger charge is -2.23. The lowest BCUT2D eigenvalue weighted by atomic mass is 9.91. The summed E-state index contributed by atoms with van der Waals surface area (Å²) in [5.41, 5.74) is -1.42. The van der Waals surface area contributed by atoms with Gasteiger partial charge in [0.1, 0.15) is 28.3 Å². The number of halogens is 5. The van der Waals surface area contributed by atoms with Crippen LogP contribution in [0.5, 0.6) is 0 Å². The fourth-order valence-electron chi connectivity index (χ4n) is 4.58. The quantitative estimate of drug-likeness (QED) is 0.304. The predicted octanol–water partition coefficient (Wildman–Crippen LogP) is 4.06. The summed E-state index contributed by atoms with van der Waals surface area (Å²) in [5.74, 6) is -6.74. The zero-order valence-electron chi connectivity index (χ0n) is 21.9. The fourth-order valence-corrected chi connectivity index (χ4v) is 6.46. The molecular weight excluding hydrogens is 593 g/mol. The minimum atomic E-state index is -5.27. The highest BCUT2D eigenvalue weighted by atomic mass is 32.1. The molecule has 2 aromatic heterocycles. The van der Waals surface area contributed by atoms with Gasteiger partial charge >= 0.3 is 12.1 Å². The Kier molecular flexibility index (Phi) is 9.44. The number of hydrogen-bond donors (Lipinski definition) is 3. The number of hydrogen-bond acceptors (Lipinski definition) is 8. The first-order valence-electron chi connectivity index (χ1n) is 12.4. The Morgan fingerprint density at radius 2 is 1.95 bits per heavy atom. The SMILES string of the molecule is CNC(=O)c1c(CC(=O)N=c2scc(C3CC=C(F)C(C(F)(F)F)=C3F)n2COC(=O)[C@@H]2CCCN2)csc1NC. The van der Waals surface area contributed by atoms with Crippen molar-refractivity contribution in [3.05, 3.63) is 55.7 Å². The van der Waals surface area contributed by atoms with Gasteiger partial charge in [-0.15, -0.1) is 22.7 Å². The van der Waals surface area contributed by atoms with Gasteiger partial charge in [-0.3, -0.25) is 19.0 Å². The summed E-state index contributed by atoms with van der Waals surface area (Å²) in [5, 5.41) is 11.8. The molecule has 2 amide bonds. The van der Waals surface area contributed by atoms with Crippen LogP contribution < -0.4 is 20.8 Å². The van der Waals surface area contributed by atoms with E-state index in [9.17, 15) is 31.9 Å². The van der Waals surface area contributed by atoms with Crippen molar-refractivity contribution in [1.29, 1.82) is 0 Å². The molecule has 4 rings (SSSR count). The summed E-state index contributed by atoms with van der Waals surface area (Å²) in [6, 6.07) is -0.581. The first kappa shape index (κ1) is 30.6. The summed E-state index contributed by atoms with van der Waals surface area (Å²) in [7, 11) is 3.06. The van der Waals surface area contributed by atoms with Crippen molar-refractivity contribution in [2.75, 3.05) is 26.0 Å². The lowest BCUT2D eigenvalue weighted by molar-refractivity contribution is -0.149. The molecule has 2 aliphatic rings. The van der Waals surface area contributed by atoms with Crippen LogP contribution >= 0.6 is 22.7 Å². The molecule has 16 heteroatoms. The molecule has 1 aliphatic carbocycles. The van der Waals surface area contributed by atoms with Crippen molar-refractivity contribution in [2.45, 2.75) is 50.6 Å². The molecule has 222 valence electrons. The van der Waals surface area contributed by atoms with Gasteiger partial charge in [0.2, 0.25) is 0 Å². The smallest absolute Gasteiger partial charge is 0.421 e. The molecule has 1 aliphatic heterocycles. The number of thiazole rings is 1. The van der Waals surface area contributed by atoms with Crippen molar-refractivity contribution in [2.24, 2.45) is 4.99 Å². The molecule has 9 nitrogen and oxygen atoms in total. The molecule has 0 radical (unpaired) electrons. The van der Waals surface area contributed by atoms with Gasteiger partial charge in [-0.05, 0) is 42.8 Å². The van der Waals surface area contributed by atoms with Crippen LogP contribution in [-0.2, 0) is 27.5 Å².